The summed E-state index contributed by atoms with van der Waals surface area (Å²) in [4.78, 5) is 25.1. The molecule has 1 amide bonds. The zero-order valence-corrected chi connectivity index (χ0v) is 52.3. The number of aliphatic hydroxyl groups is 5. The Morgan fingerprint density at radius 2 is 0.800 bits per heavy atom. The summed E-state index contributed by atoms with van der Waals surface area (Å²) in [7, 11) is 0. The van der Waals surface area contributed by atoms with Crippen molar-refractivity contribution in [2.75, 3.05) is 19.8 Å². The Kier molecular flexibility index (Phi) is 56.1. The molecule has 0 radical (unpaired) electrons. The van der Waals surface area contributed by atoms with E-state index < -0.39 is 49.5 Å². The van der Waals surface area contributed by atoms with Crippen molar-refractivity contribution in [2.24, 2.45) is 0 Å². The van der Waals surface area contributed by atoms with Crippen molar-refractivity contribution in [1.29, 1.82) is 0 Å². The lowest BCUT2D eigenvalue weighted by Crippen LogP contribution is -2.60. The van der Waals surface area contributed by atoms with E-state index in [4.69, 9.17) is 14.2 Å². The molecular weight excluding hydrogens is 1000 g/mol. The fourth-order valence-corrected chi connectivity index (χ4v) is 11.1. The number of hydrogen-bond donors (Lipinski definition) is 6. The first-order valence-electron chi connectivity index (χ1n) is 34.6. The number of nitrogens with one attached hydrogen (secondary N) is 1. The van der Waals surface area contributed by atoms with Gasteiger partial charge in [-0.3, -0.25) is 9.59 Å². The van der Waals surface area contributed by atoms with Gasteiger partial charge in [-0.2, -0.15) is 0 Å². The summed E-state index contributed by atoms with van der Waals surface area (Å²) in [6, 6.07) is -0.805. The van der Waals surface area contributed by atoms with Crippen LogP contribution in [0.4, 0.5) is 0 Å². The average Bonchev–Trinajstić information content (AvgIpc) is 3.45. The van der Waals surface area contributed by atoms with Crippen LogP contribution in [0.1, 0.15) is 341 Å². The Balaban J connectivity index is 1.90. The second-order valence-electron chi connectivity index (χ2n) is 24.2. The van der Waals surface area contributed by atoms with Crippen LogP contribution in [0, 0.1) is 0 Å². The molecule has 1 aliphatic rings. The third-order valence-corrected chi connectivity index (χ3v) is 16.6. The van der Waals surface area contributed by atoms with Crippen molar-refractivity contribution in [3.63, 3.8) is 0 Å². The first kappa shape index (κ1) is 76.2. The van der Waals surface area contributed by atoms with Gasteiger partial charge in [0.1, 0.15) is 24.4 Å². The lowest BCUT2D eigenvalue weighted by atomic mass is 9.99. The van der Waals surface area contributed by atoms with Crippen LogP contribution in [-0.2, 0) is 23.8 Å². The van der Waals surface area contributed by atoms with Crippen LogP contribution in [0.25, 0.3) is 0 Å². The highest BCUT2D eigenvalue weighted by atomic mass is 16.7. The molecule has 7 atom stereocenters. The normalized spacial score (nSPS) is 18.4. The Bertz CT molecular complexity index is 1380. The summed E-state index contributed by atoms with van der Waals surface area (Å²) in [5.41, 5.74) is 0. The number of carbonyl (C=O) groups is 2. The van der Waals surface area contributed by atoms with Gasteiger partial charge >= 0.3 is 5.97 Å². The number of carbonyl (C=O) groups excluding carboxylic acids is 2. The number of hydrogen-bond acceptors (Lipinski definition) is 10. The Morgan fingerprint density at radius 1 is 0.450 bits per heavy atom. The summed E-state index contributed by atoms with van der Waals surface area (Å²) in [6.07, 6.45) is 63.3. The van der Waals surface area contributed by atoms with Crippen molar-refractivity contribution in [1.82, 2.24) is 5.32 Å². The highest BCUT2D eigenvalue weighted by molar-refractivity contribution is 5.76. The van der Waals surface area contributed by atoms with Gasteiger partial charge in [0, 0.05) is 12.8 Å². The molecule has 0 aliphatic carbocycles. The summed E-state index contributed by atoms with van der Waals surface area (Å²) >= 11 is 0. The molecule has 7 unspecified atom stereocenters. The van der Waals surface area contributed by atoms with E-state index in [1.807, 2.05) is 6.08 Å². The topological polar surface area (TPSA) is 175 Å². The standard InChI is InChI=1S/C69H131NO10/c1-3-5-7-9-11-13-14-33-37-41-45-49-53-57-65(74)78-58-54-50-46-42-38-35-32-30-28-26-24-22-20-18-16-15-17-19-21-23-25-27-29-31-34-36-40-44-48-52-56-64(73)70-61(62(72)55-51-47-43-39-12-10-8-6-4-2)60-79-69-68(77)67(76)66(75)63(59-71)80-69/h13-14,51,55,61-63,66-69,71-72,75-77H,3-12,15-50,52-54,56-60H2,1-2H3,(H,70,73)/b14-13-,55-51+. The lowest BCUT2D eigenvalue weighted by Gasteiger charge is -2.40. The molecule has 0 spiro atoms. The molecule has 0 aromatic heterocycles. The van der Waals surface area contributed by atoms with Crippen molar-refractivity contribution in [3.05, 3.63) is 24.3 Å². The van der Waals surface area contributed by atoms with Crippen LogP contribution in [0.3, 0.4) is 0 Å². The first-order valence-corrected chi connectivity index (χ1v) is 34.6. The quantitative estimate of drug-likeness (QED) is 0.0195. The monoisotopic (exact) mass is 1130 g/mol. The fourth-order valence-electron chi connectivity index (χ4n) is 11.1. The Labute approximate surface area is 492 Å². The van der Waals surface area contributed by atoms with E-state index in [2.05, 4.69) is 31.3 Å². The molecule has 1 heterocycles. The molecule has 1 aliphatic heterocycles. The minimum Gasteiger partial charge on any atom is -0.466 e. The molecule has 6 N–H and O–H groups in total. The second kappa shape index (κ2) is 58.9. The molecular formula is C69H131NO10. The SMILES string of the molecule is CCCCCC/C=C\CCCCCCCC(=O)OCCCCCCCCCCCCCCCCCCCCCCCCCCCCCCCCC(=O)NC(COC1OC(CO)C(O)C(O)C1O)C(O)/C=C/CCCCCCCCC. The van der Waals surface area contributed by atoms with Gasteiger partial charge in [0.05, 0.1) is 32.0 Å². The summed E-state index contributed by atoms with van der Waals surface area (Å²) < 4.78 is 16.7. The van der Waals surface area contributed by atoms with Gasteiger partial charge in [-0.1, -0.05) is 295 Å². The van der Waals surface area contributed by atoms with E-state index in [-0.39, 0.29) is 18.5 Å². The van der Waals surface area contributed by atoms with Gasteiger partial charge in [0.2, 0.25) is 5.91 Å². The second-order valence-corrected chi connectivity index (χ2v) is 24.2. The largest absolute Gasteiger partial charge is 0.466 e. The van der Waals surface area contributed by atoms with Gasteiger partial charge in [0.25, 0.3) is 0 Å². The van der Waals surface area contributed by atoms with Gasteiger partial charge in [-0.25, -0.2) is 0 Å². The number of esters is 1. The molecule has 11 nitrogen and oxygen atoms in total. The van der Waals surface area contributed by atoms with Crippen LogP contribution in [-0.4, -0.2) is 100 Å². The Morgan fingerprint density at radius 3 is 1.21 bits per heavy atom. The fraction of sp³-hybridized carbons (Fsp3) is 0.913. The van der Waals surface area contributed by atoms with E-state index in [9.17, 15) is 35.1 Å². The number of aliphatic hydroxyl groups excluding tert-OH is 5. The maximum Gasteiger partial charge on any atom is 0.305 e. The van der Waals surface area contributed by atoms with E-state index in [0.29, 0.717) is 19.4 Å². The lowest BCUT2D eigenvalue weighted by molar-refractivity contribution is -0.302. The van der Waals surface area contributed by atoms with Crippen LogP contribution >= 0.6 is 0 Å². The molecule has 0 aromatic carbocycles. The maximum atomic E-state index is 13.0. The molecule has 11 heteroatoms. The number of rotatable bonds is 61. The molecule has 1 fully saturated rings. The number of ether oxygens (including phenoxy) is 3. The zero-order chi connectivity index (χ0) is 58.0. The summed E-state index contributed by atoms with van der Waals surface area (Å²) in [6.45, 7) is 4.33. The predicted octanol–water partition coefficient (Wildman–Crippen LogP) is 17.2. The Hall–Kier alpha value is -1.86. The molecule has 0 aromatic rings. The van der Waals surface area contributed by atoms with E-state index in [1.54, 1.807) is 6.08 Å². The van der Waals surface area contributed by atoms with Gasteiger partial charge in [0.15, 0.2) is 6.29 Å². The van der Waals surface area contributed by atoms with E-state index in [1.165, 1.54) is 257 Å². The summed E-state index contributed by atoms with van der Waals surface area (Å²) in [5.74, 6) is -0.176. The van der Waals surface area contributed by atoms with Gasteiger partial charge < -0.3 is 45.1 Å². The molecule has 1 saturated heterocycles. The minimum absolute atomic E-state index is 0.00283. The highest BCUT2D eigenvalue weighted by Crippen LogP contribution is 2.23. The highest BCUT2D eigenvalue weighted by Gasteiger charge is 2.44. The molecule has 472 valence electrons. The number of amides is 1. The van der Waals surface area contributed by atoms with Crippen LogP contribution < -0.4 is 5.32 Å². The smallest absolute Gasteiger partial charge is 0.305 e. The summed E-state index contributed by atoms with van der Waals surface area (Å²) in [5, 5.41) is 54.3. The van der Waals surface area contributed by atoms with Crippen LogP contribution in [0.2, 0.25) is 0 Å². The van der Waals surface area contributed by atoms with Crippen LogP contribution in [0.5, 0.6) is 0 Å². The van der Waals surface area contributed by atoms with Crippen molar-refractivity contribution in [2.45, 2.75) is 384 Å². The van der Waals surface area contributed by atoms with E-state index in [0.717, 1.165) is 57.8 Å². The van der Waals surface area contributed by atoms with Crippen molar-refractivity contribution in [3.8, 4) is 0 Å². The average molecular weight is 1130 g/mol. The molecule has 80 heavy (non-hydrogen) atoms. The third kappa shape index (κ3) is 47.5. The third-order valence-electron chi connectivity index (χ3n) is 16.6. The zero-order valence-electron chi connectivity index (χ0n) is 52.3. The van der Waals surface area contributed by atoms with Crippen LogP contribution in [0.15, 0.2) is 24.3 Å². The molecule has 1 rings (SSSR count). The van der Waals surface area contributed by atoms with Crippen molar-refractivity contribution < 1.29 is 49.3 Å². The minimum atomic E-state index is -1.57. The van der Waals surface area contributed by atoms with E-state index >= 15 is 0 Å². The molecule has 0 saturated carbocycles. The van der Waals surface area contributed by atoms with Crippen molar-refractivity contribution >= 4 is 11.9 Å². The number of unbranched alkanes of at least 4 members (excludes halogenated alkanes) is 45. The van der Waals surface area contributed by atoms with Gasteiger partial charge in [-0.15, -0.1) is 0 Å². The molecule has 0 bridgehead atoms. The van der Waals surface area contributed by atoms with Gasteiger partial charge in [-0.05, 0) is 57.8 Å². The predicted molar refractivity (Wildman–Crippen MR) is 334 cm³/mol. The first-order chi connectivity index (χ1) is 39.2. The maximum absolute atomic E-state index is 13.0. The number of allylic oxidation sites excluding steroid dienone is 3.